The first-order valence-corrected chi connectivity index (χ1v) is 4.83. The van der Waals surface area contributed by atoms with E-state index in [0.29, 0.717) is 0 Å². The number of hydrogen-bond acceptors (Lipinski definition) is 5. The maximum absolute atomic E-state index is 11.3. The topological polar surface area (TPSA) is 76.7 Å². The molecule has 1 heterocycles. The monoisotopic (exact) mass is 252 g/mol. The van der Waals surface area contributed by atoms with Crippen LogP contribution in [-0.2, 0) is 19.1 Å². The van der Waals surface area contributed by atoms with Gasteiger partial charge in [0.2, 0.25) is 5.91 Å². The van der Waals surface area contributed by atoms with Crippen molar-refractivity contribution >= 4 is 24.3 Å². The predicted octanol–water partition coefficient (Wildman–Crippen LogP) is -0.926. The summed E-state index contributed by atoms with van der Waals surface area (Å²) in [4.78, 5) is 22.2. The van der Waals surface area contributed by atoms with Gasteiger partial charge in [-0.15, -0.1) is 12.4 Å². The van der Waals surface area contributed by atoms with Crippen LogP contribution in [0.2, 0.25) is 0 Å². The zero-order chi connectivity index (χ0) is 11.3. The third kappa shape index (κ3) is 4.78. The molecule has 0 radical (unpaired) electrons. The Morgan fingerprint density at radius 1 is 1.50 bits per heavy atom. The fraction of sp³-hybridized carbons (Fsp3) is 0.778. The molecule has 0 bridgehead atoms. The number of carbonyl (C=O) groups excluding carboxylic acids is 2. The summed E-state index contributed by atoms with van der Waals surface area (Å²) in [5.41, 5.74) is 0. The van der Waals surface area contributed by atoms with Crippen LogP contribution in [0, 0.1) is 0 Å². The second-order valence-corrected chi connectivity index (χ2v) is 3.40. The molecule has 0 unspecified atom stereocenters. The van der Waals surface area contributed by atoms with E-state index in [2.05, 4.69) is 15.4 Å². The number of hydrogen-bond donors (Lipinski definition) is 2. The molecule has 0 aromatic heterocycles. The standard InChI is InChI=1S/C9H16N2O4.ClH/c1-6(9(13)14-2)11-8(12)5-15-7-3-10-4-7;/h6-7,10H,3-5H2,1-2H3,(H,11,12);1H/t6-;/m0./s1. The number of amides is 1. The summed E-state index contributed by atoms with van der Waals surface area (Å²) in [6.45, 7) is 3.10. The van der Waals surface area contributed by atoms with Gasteiger partial charge in [0.05, 0.1) is 13.2 Å². The normalized spacial score (nSPS) is 16.6. The Balaban J connectivity index is 0.00000225. The Bertz CT molecular complexity index is 246. The van der Waals surface area contributed by atoms with Crippen molar-refractivity contribution in [2.24, 2.45) is 0 Å². The molecule has 94 valence electrons. The van der Waals surface area contributed by atoms with Crippen molar-refractivity contribution < 1.29 is 19.1 Å². The van der Waals surface area contributed by atoms with Crippen LogP contribution in [-0.4, -0.2) is 50.8 Å². The quantitative estimate of drug-likeness (QED) is 0.619. The first-order valence-electron chi connectivity index (χ1n) is 4.83. The molecule has 1 saturated heterocycles. The van der Waals surface area contributed by atoms with E-state index in [1.165, 1.54) is 7.11 Å². The van der Waals surface area contributed by atoms with Crippen molar-refractivity contribution in [2.75, 3.05) is 26.8 Å². The number of ether oxygens (including phenoxy) is 2. The molecule has 1 atom stereocenters. The van der Waals surface area contributed by atoms with E-state index < -0.39 is 12.0 Å². The van der Waals surface area contributed by atoms with E-state index >= 15 is 0 Å². The minimum absolute atomic E-state index is 0. The molecule has 0 aliphatic carbocycles. The molecule has 16 heavy (non-hydrogen) atoms. The van der Waals surface area contributed by atoms with Gasteiger partial charge in [0.25, 0.3) is 0 Å². The molecule has 1 rings (SSSR count). The third-order valence-corrected chi connectivity index (χ3v) is 2.13. The minimum Gasteiger partial charge on any atom is -0.467 e. The van der Waals surface area contributed by atoms with Gasteiger partial charge in [-0.05, 0) is 6.92 Å². The lowest BCUT2D eigenvalue weighted by molar-refractivity contribution is -0.145. The van der Waals surface area contributed by atoms with Crippen LogP contribution in [0.25, 0.3) is 0 Å². The minimum atomic E-state index is -0.634. The number of methoxy groups -OCH3 is 1. The van der Waals surface area contributed by atoms with E-state index in [9.17, 15) is 9.59 Å². The summed E-state index contributed by atoms with van der Waals surface area (Å²) in [6, 6.07) is -0.634. The van der Waals surface area contributed by atoms with E-state index in [4.69, 9.17) is 4.74 Å². The summed E-state index contributed by atoms with van der Waals surface area (Å²) in [5.74, 6) is -0.770. The number of halogens is 1. The van der Waals surface area contributed by atoms with Crippen LogP contribution >= 0.6 is 12.4 Å². The number of carbonyl (C=O) groups is 2. The van der Waals surface area contributed by atoms with Gasteiger partial charge in [0, 0.05) is 13.1 Å². The molecule has 2 N–H and O–H groups in total. The van der Waals surface area contributed by atoms with Gasteiger partial charge in [-0.3, -0.25) is 4.79 Å². The summed E-state index contributed by atoms with van der Waals surface area (Å²) in [7, 11) is 1.28. The maximum Gasteiger partial charge on any atom is 0.328 e. The van der Waals surface area contributed by atoms with Gasteiger partial charge in [-0.2, -0.15) is 0 Å². The third-order valence-electron chi connectivity index (χ3n) is 2.13. The average molecular weight is 253 g/mol. The molecule has 1 aliphatic rings. The van der Waals surface area contributed by atoms with Crippen LogP contribution in [0.3, 0.4) is 0 Å². The van der Waals surface area contributed by atoms with Crippen LogP contribution in [0.5, 0.6) is 0 Å². The van der Waals surface area contributed by atoms with Gasteiger partial charge in [-0.1, -0.05) is 0 Å². The highest BCUT2D eigenvalue weighted by atomic mass is 35.5. The lowest BCUT2D eigenvalue weighted by atomic mass is 10.2. The summed E-state index contributed by atoms with van der Waals surface area (Å²) < 4.78 is 9.69. The fourth-order valence-electron chi connectivity index (χ4n) is 1.09. The number of esters is 1. The molecule has 0 spiro atoms. The molecule has 1 fully saturated rings. The fourth-order valence-corrected chi connectivity index (χ4v) is 1.09. The Labute approximate surface area is 100 Å². The second-order valence-electron chi connectivity index (χ2n) is 3.40. The summed E-state index contributed by atoms with van der Waals surface area (Å²) >= 11 is 0. The Morgan fingerprint density at radius 3 is 2.56 bits per heavy atom. The zero-order valence-electron chi connectivity index (χ0n) is 9.32. The Hall–Kier alpha value is -0.850. The van der Waals surface area contributed by atoms with Gasteiger partial charge >= 0.3 is 5.97 Å². The molecule has 1 aliphatic heterocycles. The molecule has 0 saturated carbocycles. The van der Waals surface area contributed by atoms with Gasteiger partial charge in [-0.25, -0.2) is 4.79 Å². The van der Waals surface area contributed by atoms with Crippen LogP contribution < -0.4 is 10.6 Å². The molecular weight excluding hydrogens is 236 g/mol. The predicted molar refractivity (Wildman–Crippen MR) is 59.5 cm³/mol. The van der Waals surface area contributed by atoms with Gasteiger partial charge in [0.15, 0.2) is 0 Å². The molecule has 0 aromatic carbocycles. The molecule has 7 heteroatoms. The van der Waals surface area contributed by atoms with E-state index in [1.54, 1.807) is 6.92 Å². The first-order chi connectivity index (χ1) is 7.13. The maximum atomic E-state index is 11.3. The van der Waals surface area contributed by atoms with Crippen molar-refractivity contribution in [2.45, 2.75) is 19.1 Å². The van der Waals surface area contributed by atoms with Crippen molar-refractivity contribution in [1.82, 2.24) is 10.6 Å². The first kappa shape index (κ1) is 15.2. The summed E-state index contributed by atoms with van der Waals surface area (Å²) in [5, 5.41) is 5.50. The smallest absolute Gasteiger partial charge is 0.328 e. The highest BCUT2D eigenvalue weighted by Gasteiger charge is 2.20. The highest BCUT2D eigenvalue weighted by molar-refractivity contribution is 5.85. The van der Waals surface area contributed by atoms with E-state index in [0.717, 1.165) is 13.1 Å². The van der Waals surface area contributed by atoms with E-state index in [-0.39, 0.29) is 31.0 Å². The van der Waals surface area contributed by atoms with Crippen molar-refractivity contribution in [1.29, 1.82) is 0 Å². The number of rotatable bonds is 5. The highest BCUT2D eigenvalue weighted by Crippen LogP contribution is 1.97. The van der Waals surface area contributed by atoms with Gasteiger partial charge < -0.3 is 20.1 Å². The van der Waals surface area contributed by atoms with Crippen LogP contribution in [0.1, 0.15) is 6.92 Å². The van der Waals surface area contributed by atoms with Crippen molar-refractivity contribution in [3.63, 3.8) is 0 Å². The Morgan fingerprint density at radius 2 is 2.12 bits per heavy atom. The van der Waals surface area contributed by atoms with Gasteiger partial charge in [0.1, 0.15) is 12.6 Å². The molecular formula is C9H17ClN2O4. The lowest BCUT2D eigenvalue weighted by Crippen LogP contribution is -2.50. The second kappa shape index (κ2) is 7.43. The molecule has 0 aromatic rings. The zero-order valence-corrected chi connectivity index (χ0v) is 10.1. The number of nitrogens with one attached hydrogen (secondary N) is 2. The van der Waals surface area contributed by atoms with Crippen LogP contribution in [0.15, 0.2) is 0 Å². The average Bonchev–Trinajstić information content (AvgIpc) is 2.14. The van der Waals surface area contributed by atoms with Crippen molar-refractivity contribution in [3.05, 3.63) is 0 Å². The van der Waals surface area contributed by atoms with Crippen LogP contribution in [0.4, 0.5) is 0 Å². The van der Waals surface area contributed by atoms with Crippen molar-refractivity contribution in [3.8, 4) is 0 Å². The Kier molecular flexibility index (Phi) is 7.03. The lowest BCUT2D eigenvalue weighted by Gasteiger charge is -2.26. The summed E-state index contributed by atoms with van der Waals surface area (Å²) in [6.07, 6.45) is 0.115. The molecule has 6 nitrogen and oxygen atoms in total. The largest absolute Gasteiger partial charge is 0.467 e. The SMILES string of the molecule is COC(=O)[C@H](C)NC(=O)COC1CNC1.Cl. The van der Waals surface area contributed by atoms with E-state index in [1.807, 2.05) is 0 Å². The molecule has 1 amide bonds.